The molecule has 0 aromatic heterocycles. The summed E-state index contributed by atoms with van der Waals surface area (Å²) < 4.78 is 0. The highest BCUT2D eigenvalue weighted by molar-refractivity contribution is 6.32. The van der Waals surface area contributed by atoms with Gasteiger partial charge in [0.2, 0.25) is 0 Å². The molecule has 0 aliphatic carbocycles. The quantitative estimate of drug-likeness (QED) is 0.279. The average Bonchev–Trinajstić information content (AvgIpc) is 2.84. The minimum absolute atomic E-state index is 0.170. The van der Waals surface area contributed by atoms with Crippen LogP contribution in [-0.4, -0.2) is 11.6 Å². The minimum Gasteiger partial charge on any atom is -0.289 e. The molecule has 0 atom stereocenters. The topological polar surface area (TPSA) is 34.1 Å². The van der Waals surface area contributed by atoms with E-state index in [0.717, 1.165) is 16.7 Å². The lowest BCUT2D eigenvalue weighted by Gasteiger charge is -2.08. The van der Waals surface area contributed by atoms with E-state index in [4.69, 9.17) is 0 Å². The lowest BCUT2D eigenvalue weighted by atomic mass is 9.94. The van der Waals surface area contributed by atoms with Crippen molar-refractivity contribution in [3.8, 4) is 11.1 Å². The molecular formula is C28H20O2. The summed E-state index contributed by atoms with van der Waals surface area (Å²) in [4.78, 5) is 26.1. The summed E-state index contributed by atoms with van der Waals surface area (Å²) in [6.45, 7) is 0. The highest BCUT2D eigenvalue weighted by Crippen LogP contribution is 2.23. The number of hydrogen-bond acceptors (Lipinski definition) is 2. The van der Waals surface area contributed by atoms with Gasteiger partial charge in [-0.3, -0.25) is 9.59 Å². The molecule has 144 valence electrons. The molecule has 4 aromatic carbocycles. The van der Waals surface area contributed by atoms with Crippen LogP contribution in [-0.2, 0) is 0 Å². The SMILES string of the molecule is O=C(C=C(C(=O)c1ccccc1)c1ccccc1)c1ccc(-c2ccccc2)cc1. The Morgan fingerprint density at radius 2 is 0.933 bits per heavy atom. The molecule has 0 saturated carbocycles. The molecule has 0 amide bonds. The molecule has 0 aliphatic rings. The zero-order chi connectivity index (χ0) is 20.8. The van der Waals surface area contributed by atoms with Crippen molar-refractivity contribution < 1.29 is 9.59 Å². The Bertz CT molecular complexity index is 1170. The van der Waals surface area contributed by atoms with Gasteiger partial charge in [-0.25, -0.2) is 0 Å². The van der Waals surface area contributed by atoms with Crippen LogP contribution in [0.4, 0.5) is 0 Å². The van der Waals surface area contributed by atoms with Crippen LogP contribution < -0.4 is 0 Å². The van der Waals surface area contributed by atoms with Crippen LogP contribution in [0.5, 0.6) is 0 Å². The van der Waals surface area contributed by atoms with Gasteiger partial charge in [0.05, 0.1) is 0 Å². The maximum Gasteiger partial charge on any atom is 0.193 e. The molecule has 0 saturated heterocycles. The number of benzene rings is 4. The van der Waals surface area contributed by atoms with Gasteiger partial charge in [0.15, 0.2) is 11.6 Å². The number of Topliss-reactive ketones (excluding diaryl/α,β-unsaturated/α-hetero) is 1. The third-order valence-electron chi connectivity index (χ3n) is 4.92. The van der Waals surface area contributed by atoms with Gasteiger partial charge in [0, 0.05) is 16.7 Å². The van der Waals surface area contributed by atoms with E-state index in [9.17, 15) is 9.59 Å². The van der Waals surface area contributed by atoms with E-state index in [1.54, 1.807) is 24.3 Å². The van der Waals surface area contributed by atoms with Crippen molar-refractivity contribution in [3.05, 3.63) is 138 Å². The van der Waals surface area contributed by atoms with E-state index in [2.05, 4.69) is 0 Å². The molecular weight excluding hydrogens is 368 g/mol. The Hall–Kier alpha value is -4.04. The van der Waals surface area contributed by atoms with Gasteiger partial charge in [-0.15, -0.1) is 0 Å². The Kier molecular flexibility index (Phi) is 5.77. The molecule has 0 spiro atoms. The number of ketones is 2. The van der Waals surface area contributed by atoms with Crippen molar-refractivity contribution in [2.75, 3.05) is 0 Å². The number of allylic oxidation sites excluding steroid dienone is 2. The summed E-state index contributed by atoms with van der Waals surface area (Å²) in [6.07, 6.45) is 1.45. The number of carbonyl (C=O) groups is 2. The van der Waals surface area contributed by atoms with Crippen molar-refractivity contribution in [2.24, 2.45) is 0 Å². The molecule has 0 fully saturated rings. The fourth-order valence-electron chi connectivity index (χ4n) is 3.31. The zero-order valence-electron chi connectivity index (χ0n) is 16.4. The number of carbonyl (C=O) groups excluding carboxylic acids is 2. The summed E-state index contributed by atoms with van der Waals surface area (Å²) in [5.41, 5.74) is 4.35. The summed E-state index contributed by atoms with van der Waals surface area (Å²) in [6, 6.07) is 35.8. The van der Waals surface area contributed by atoms with Crippen molar-refractivity contribution in [1.29, 1.82) is 0 Å². The van der Waals surface area contributed by atoms with Crippen LogP contribution in [0.15, 0.2) is 121 Å². The minimum atomic E-state index is -0.197. The Morgan fingerprint density at radius 3 is 1.50 bits per heavy atom. The fraction of sp³-hybridized carbons (Fsp3) is 0. The second kappa shape index (κ2) is 8.97. The first-order valence-corrected chi connectivity index (χ1v) is 9.79. The fourth-order valence-corrected chi connectivity index (χ4v) is 3.31. The van der Waals surface area contributed by atoms with Crippen molar-refractivity contribution in [1.82, 2.24) is 0 Å². The van der Waals surface area contributed by atoms with Crippen LogP contribution in [0, 0.1) is 0 Å². The van der Waals surface area contributed by atoms with E-state index >= 15 is 0 Å². The first-order valence-electron chi connectivity index (χ1n) is 9.79. The Labute approximate surface area is 176 Å². The molecule has 4 rings (SSSR count). The maximum absolute atomic E-state index is 13.1. The summed E-state index contributed by atoms with van der Waals surface area (Å²) in [7, 11) is 0. The number of hydrogen-bond donors (Lipinski definition) is 0. The van der Waals surface area contributed by atoms with E-state index in [1.165, 1.54) is 6.08 Å². The van der Waals surface area contributed by atoms with E-state index in [-0.39, 0.29) is 11.6 Å². The molecule has 2 nitrogen and oxygen atoms in total. The van der Waals surface area contributed by atoms with Gasteiger partial charge in [-0.1, -0.05) is 115 Å². The van der Waals surface area contributed by atoms with E-state index in [0.29, 0.717) is 16.7 Å². The van der Waals surface area contributed by atoms with E-state index in [1.807, 2.05) is 91.0 Å². The largest absolute Gasteiger partial charge is 0.289 e. The van der Waals surface area contributed by atoms with Crippen LogP contribution >= 0.6 is 0 Å². The van der Waals surface area contributed by atoms with E-state index < -0.39 is 0 Å². The second-order valence-corrected chi connectivity index (χ2v) is 6.93. The summed E-state index contributed by atoms with van der Waals surface area (Å²) in [5.74, 6) is -0.367. The summed E-state index contributed by atoms with van der Waals surface area (Å²) >= 11 is 0. The lowest BCUT2D eigenvalue weighted by molar-refractivity contribution is 0.102. The average molecular weight is 388 g/mol. The standard InChI is InChI=1S/C28H20O2/c29-27(24-18-16-22(17-19-24)21-10-4-1-5-11-21)20-26(23-12-6-2-7-13-23)28(30)25-14-8-3-9-15-25/h1-20H. The Balaban J connectivity index is 1.68. The molecule has 0 radical (unpaired) electrons. The zero-order valence-corrected chi connectivity index (χ0v) is 16.4. The highest BCUT2D eigenvalue weighted by atomic mass is 16.1. The third kappa shape index (κ3) is 4.34. The second-order valence-electron chi connectivity index (χ2n) is 6.93. The van der Waals surface area contributed by atoms with Crippen molar-refractivity contribution in [3.63, 3.8) is 0 Å². The first-order chi connectivity index (χ1) is 14.7. The molecule has 0 N–H and O–H groups in total. The molecule has 0 heterocycles. The van der Waals surface area contributed by atoms with Gasteiger partial charge >= 0.3 is 0 Å². The van der Waals surface area contributed by atoms with Gasteiger partial charge in [-0.2, -0.15) is 0 Å². The normalized spacial score (nSPS) is 11.1. The highest BCUT2D eigenvalue weighted by Gasteiger charge is 2.16. The number of rotatable bonds is 6. The first kappa shape index (κ1) is 19.3. The monoisotopic (exact) mass is 388 g/mol. The maximum atomic E-state index is 13.1. The molecule has 2 heteroatoms. The smallest absolute Gasteiger partial charge is 0.193 e. The van der Waals surface area contributed by atoms with Gasteiger partial charge in [0.1, 0.15) is 0 Å². The predicted octanol–water partition coefficient (Wildman–Crippen LogP) is 6.50. The van der Waals surface area contributed by atoms with Crippen molar-refractivity contribution >= 4 is 17.1 Å². The van der Waals surface area contributed by atoms with Crippen LogP contribution in [0.3, 0.4) is 0 Å². The summed E-state index contributed by atoms with van der Waals surface area (Å²) in [5, 5.41) is 0. The molecule has 0 bridgehead atoms. The van der Waals surface area contributed by atoms with Gasteiger partial charge in [-0.05, 0) is 22.8 Å². The Morgan fingerprint density at radius 1 is 0.467 bits per heavy atom. The molecule has 0 aliphatic heterocycles. The molecule has 4 aromatic rings. The molecule has 0 unspecified atom stereocenters. The van der Waals surface area contributed by atoms with Gasteiger partial charge < -0.3 is 0 Å². The molecule has 30 heavy (non-hydrogen) atoms. The van der Waals surface area contributed by atoms with Crippen LogP contribution in [0.25, 0.3) is 16.7 Å². The van der Waals surface area contributed by atoms with Gasteiger partial charge in [0.25, 0.3) is 0 Å². The van der Waals surface area contributed by atoms with Crippen molar-refractivity contribution in [2.45, 2.75) is 0 Å². The lowest BCUT2D eigenvalue weighted by Crippen LogP contribution is -2.06. The van der Waals surface area contributed by atoms with Crippen LogP contribution in [0.2, 0.25) is 0 Å². The van der Waals surface area contributed by atoms with Crippen LogP contribution in [0.1, 0.15) is 26.3 Å². The predicted molar refractivity (Wildman–Crippen MR) is 121 cm³/mol. The third-order valence-corrected chi connectivity index (χ3v) is 4.92.